The molecule has 0 saturated heterocycles. The summed E-state index contributed by atoms with van der Waals surface area (Å²) in [6.45, 7) is 1.86. The van der Waals surface area contributed by atoms with E-state index in [4.69, 9.17) is 9.05 Å². The largest absolute Gasteiger partial charge is 0.355 e. The van der Waals surface area contributed by atoms with Crippen LogP contribution in [0.25, 0.3) is 10.6 Å². The van der Waals surface area contributed by atoms with Crippen LogP contribution in [0.3, 0.4) is 0 Å². The Morgan fingerprint density at radius 3 is 3.00 bits per heavy atom. The molecule has 0 atom stereocenters. The van der Waals surface area contributed by atoms with E-state index in [2.05, 4.69) is 20.6 Å². The summed E-state index contributed by atoms with van der Waals surface area (Å²) in [6.07, 6.45) is 0. The Kier molecular flexibility index (Phi) is 3.30. The zero-order valence-electron chi connectivity index (χ0n) is 10.5. The molecule has 0 spiro atoms. The number of carbonyl (C=O) groups excluding carboxylic acids is 1. The summed E-state index contributed by atoms with van der Waals surface area (Å²) in [7, 11) is 0. The molecule has 3 heterocycles. The van der Waals surface area contributed by atoms with Crippen LogP contribution < -0.4 is 5.32 Å². The topological polar surface area (TPSA) is 94.1 Å². The first-order valence-electron chi connectivity index (χ1n) is 5.80. The van der Waals surface area contributed by atoms with Gasteiger partial charge in [-0.3, -0.25) is 4.79 Å². The van der Waals surface area contributed by atoms with E-state index in [1.807, 2.05) is 17.5 Å². The van der Waals surface area contributed by atoms with E-state index in [9.17, 15) is 4.79 Å². The highest BCUT2D eigenvalue weighted by Gasteiger charge is 2.15. The molecule has 3 aromatic heterocycles. The third-order valence-electron chi connectivity index (χ3n) is 2.48. The summed E-state index contributed by atoms with van der Waals surface area (Å²) in [5.41, 5.74) is 0.213. The Morgan fingerprint density at radius 2 is 2.30 bits per heavy atom. The summed E-state index contributed by atoms with van der Waals surface area (Å²) in [5, 5.41) is 11.9. The van der Waals surface area contributed by atoms with E-state index in [1.54, 1.807) is 13.0 Å². The third-order valence-corrected chi connectivity index (χ3v) is 3.36. The van der Waals surface area contributed by atoms with Gasteiger partial charge >= 0.3 is 0 Å². The fourth-order valence-corrected chi connectivity index (χ4v) is 2.25. The van der Waals surface area contributed by atoms with Crippen LogP contribution in [0.15, 0.2) is 32.6 Å². The Balaban J connectivity index is 1.65. The predicted molar refractivity (Wildman–Crippen MR) is 70.0 cm³/mol. The smallest absolute Gasteiger partial charge is 0.273 e. The standard InChI is InChI=1S/C12H10N4O3S/c1-7-14-11(19-15-7)6-13-12(17)8-5-9(18-16-8)10-3-2-4-20-10/h2-5H,6H2,1H3,(H,13,17). The predicted octanol–water partition coefficient (Wildman–Crippen LogP) is 2.02. The lowest BCUT2D eigenvalue weighted by Gasteiger charge is -1.96. The number of rotatable bonds is 4. The minimum absolute atomic E-state index is 0.154. The van der Waals surface area contributed by atoms with Gasteiger partial charge in [0.15, 0.2) is 17.3 Å². The number of aromatic nitrogens is 3. The van der Waals surface area contributed by atoms with Crippen LogP contribution >= 0.6 is 11.3 Å². The summed E-state index contributed by atoms with van der Waals surface area (Å²) in [6, 6.07) is 5.40. The van der Waals surface area contributed by atoms with Crippen LogP contribution in [-0.2, 0) is 6.54 Å². The van der Waals surface area contributed by atoms with Crippen molar-refractivity contribution in [3.05, 3.63) is 41.0 Å². The lowest BCUT2D eigenvalue weighted by molar-refractivity contribution is 0.0937. The van der Waals surface area contributed by atoms with Crippen LogP contribution in [-0.4, -0.2) is 21.2 Å². The molecular formula is C12H10N4O3S. The fourth-order valence-electron chi connectivity index (χ4n) is 1.58. The van der Waals surface area contributed by atoms with E-state index < -0.39 is 0 Å². The number of aryl methyl sites for hydroxylation is 1. The van der Waals surface area contributed by atoms with Crippen molar-refractivity contribution in [2.24, 2.45) is 0 Å². The second-order valence-electron chi connectivity index (χ2n) is 3.97. The minimum Gasteiger partial charge on any atom is -0.355 e. The molecular weight excluding hydrogens is 280 g/mol. The highest BCUT2D eigenvalue weighted by molar-refractivity contribution is 7.13. The summed E-state index contributed by atoms with van der Waals surface area (Å²) < 4.78 is 10.0. The van der Waals surface area contributed by atoms with Crippen LogP contribution in [0.2, 0.25) is 0 Å². The zero-order valence-corrected chi connectivity index (χ0v) is 11.3. The van der Waals surface area contributed by atoms with Gasteiger partial charge in [0.2, 0.25) is 5.89 Å². The molecule has 0 radical (unpaired) electrons. The van der Waals surface area contributed by atoms with Crippen molar-refractivity contribution < 1.29 is 13.8 Å². The lowest BCUT2D eigenvalue weighted by atomic mass is 10.3. The van der Waals surface area contributed by atoms with Gasteiger partial charge in [0.1, 0.15) is 0 Å². The Morgan fingerprint density at radius 1 is 1.40 bits per heavy atom. The maximum Gasteiger partial charge on any atom is 0.273 e. The van der Waals surface area contributed by atoms with Crippen LogP contribution in [0.1, 0.15) is 22.2 Å². The molecule has 1 amide bonds. The average Bonchev–Trinajstić information content (AvgIpc) is 3.16. The lowest BCUT2D eigenvalue weighted by Crippen LogP contribution is -2.23. The Bertz CT molecular complexity index is 717. The maximum absolute atomic E-state index is 11.9. The highest BCUT2D eigenvalue weighted by Crippen LogP contribution is 2.24. The summed E-state index contributed by atoms with van der Waals surface area (Å²) in [5.74, 6) is 1.08. The van der Waals surface area contributed by atoms with Gasteiger partial charge in [-0.15, -0.1) is 11.3 Å². The highest BCUT2D eigenvalue weighted by atomic mass is 32.1. The number of hydrogen-bond acceptors (Lipinski definition) is 7. The Hall–Kier alpha value is -2.48. The second kappa shape index (κ2) is 5.25. The van der Waals surface area contributed by atoms with E-state index >= 15 is 0 Å². The van der Waals surface area contributed by atoms with Gasteiger partial charge in [-0.1, -0.05) is 16.4 Å². The van der Waals surface area contributed by atoms with Crippen molar-refractivity contribution in [3.63, 3.8) is 0 Å². The molecule has 0 saturated carbocycles. The molecule has 102 valence electrons. The van der Waals surface area contributed by atoms with Crippen LogP contribution in [0, 0.1) is 6.92 Å². The number of nitrogens with zero attached hydrogens (tertiary/aromatic N) is 3. The van der Waals surface area contributed by atoms with Crippen molar-refractivity contribution in [1.82, 2.24) is 20.6 Å². The molecule has 8 heteroatoms. The van der Waals surface area contributed by atoms with Gasteiger partial charge in [-0.05, 0) is 18.4 Å². The van der Waals surface area contributed by atoms with E-state index in [-0.39, 0.29) is 18.1 Å². The molecule has 0 aliphatic carbocycles. The molecule has 7 nitrogen and oxygen atoms in total. The third kappa shape index (κ3) is 2.59. The summed E-state index contributed by atoms with van der Waals surface area (Å²) in [4.78, 5) is 16.8. The molecule has 20 heavy (non-hydrogen) atoms. The quantitative estimate of drug-likeness (QED) is 0.790. The first-order chi connectivity index (χ1) is 9.72. The second-order valence-corrected chi connectivity index (χ2v) is 4.92. The zero-order chi connectivity index (χ0) is 13.9. The van der Waals surface area contributed by atoms with Crippen molar-refractivity contribution in [3.8, 4) is 10.6 Å². The molecule has 1 N–H and O–H groups in total. The van der Waals surface area contributed by atoms with Crippen molar-refractivity contribution in [2.45, 2.75) is 13.5 Å². The molecule has 0 unspecified atom stereocenters. The molecule has 0 fully saturated rings. The van der Waals surface area contributed by atoms with Gasteiger partial charge in [-0.2, -0.15) is 4.98 Å². The minimum atomic E-state index is -0.354. The van der Waals surface area contributed by atoms with Crippen LogP contribution in [0.5, 0.6) is 0 Å². The molecule has 3 aromatic rings. The average molecular weight is 290 g/mol. The van der Waals surface area contributed by atoms with E-state index in [1.165, 1.54) is 11.3 Å². The van der Waals surface area contributed by atoms with Gasteiger partial charge in [0.25, 0.3) is 5.91 Å². The molecule has 3 rings (SSSR count). The van der Waals surface area contributed by atoms with Gasteiger partial charge < -0.3 is 14.4 Å². The molecule has 0 bridgehead atoms. The molecule has 0 aliphatic heterocycles. The number of hydrogen-bond donors (Lipinski definition) is 1. The number of carbonyl (C=O) groups is 1. The Labute approximate surface area is 117 Å². The monoisotopic (exact) mass is 290 g/mol. The number of nitrogens with one attached hydrogen (secondary N) is 1. The normalized spacial score (nSPS) is 10.7. The van der Waals surface area contributed by atoms with Gasteiger partial charge in [-0.25, -0.2) is 0 Å². The number of thiophene rings is 1. The molecule has 0 aliphatic rings. The van der Waals surface area contributed by atoms with E-state index in [0.29, 0.717) is 17.5 Å². The van der Waals surface area contributed by atoms with Crippen molar-refractivity contribution in [2.75, 3.05) is 0 Å². The fraction of sp³-hybridized carbons (Fsp3) is 0.167. The SMILES string of the molecule is Cc1noc(CNC(=O)c2cc(-c3cccs3)on2)n1. The van der Waals surface area contributed by atoms with Crippen molar-refractivity contribution in [1.29, 1.82) is 0 Å². The van der Waals surface area contributed by atoms with Crippen LogP contribution in [0.4, 0.5) is 0 Å². The van der Waals surface area contributed by atoms with Gasteiger partial charge in [0, 0.05) is 6.07 Å². The van der Waals surface area contributed by atoms with Crippen molar-refractivity contribution >= 4 is 17.2 Å². The maximum atomic E-state index is 11.9. The molecule has 0 aromatic carbocycles. The summed E-state index contributed by atoms with van der Waals surface area (Å²) >= 11 is 1.52. The van der Waals surface area contributed by atoms with E-state index in [0.717, 1.165) is 4.88 Å². The first kappa shape index (κ1) is 12.5. The first-order valence-corrected chi connectivity index (χ1v) is 6.68. The van der Waals surface area contributed by atoms with Gasteiger partial charge in [0.05, 0.1) is 11.4 Å². The number of amides is 1.